The fraction of sp³-hybridized carbons (Fsp3) is 0.222. The molecule has 24 heavy (non-hydrogen) atoms. The van der Waals surface area contributed by atoms with Crippen LogP contribution in [0.2, 0.25) is 0 Å². The van der Waals surface area contributed by atoms with Crippen LogP contribution in [0.5, 0.6) is 0 Å². The molecule has 6 heteroatoms. The summed E-state index contributed by atoms with van der Waals surface area (Å²) in [5.74, 6) is -1.13. The minimum absolute atomic E-state index is 0.136. The second kappa shape index (κ2) is 6.97. The molecular weight excluding hydrogens is 324 g/mol. The van der Waals surface area contributed by atoms with Gasteiger partial charge in [-0.25, -0.2) is 13.4 Å². The molecule has 1 aliphatic rings. The third kappa shape index (κ3) is 4.08. The molecule has 3 rings (SSSR count). The molecule has 0 fully saturated rings. The predicted molar refractivity (Wildman–Crippen MR) is 93.2 cm³/mol. The van der Waals surface area contributed by atoms with Crippen molar-refractivity contribution in [2.75, 3.05) is 12.3 Å². The van der Waals surface area contributed by atoms with Crippen LogP contribution >= 0.6 is 0 Å². The van der Waals surface area contributed by atoms with E-state index in [1.165, 1.54) is 5.01 Å². The van der Waals surface area contributed by atoms with Gasteiger partial charge in [0.25, 0.3) is 5.91 Å². The SMILES string of the molecule is O=C(CS(=O)(=O)Cc1ccccc1)N1CCC(c2ccccc2)=N1. The Bertz CT molecular complexity index is 846. The van der Waals surface area contributed by atoms with E-state index in [9.17, 15) is 13.2 Å². The van der Waals surface area contributed by atoms with Crippen molar-refractivity contribution in [3.05, 3.63) is 71.8 Å². The van der Waals surface area contributed by atoms with Crippen LogP contribution in [-0.2, 0) is 20.4 Å². The van der Waals surface area contributed by atoms with E-state index in [2.05, 4.69) is 5.10 Å². The zero-order chi connectivity index (χ0) is 17.0. The molecular formula is C18H18N2O3S. The fourth-order valence-corrected chi connectivity index (χ4v) is 3.94. The fourth-order valence-electron chi connectivity index (χ4n) is 2.61. The molecule has 0 N–H and O–H groups in total. The second-order valence-electron chi connectivity index (χ2n) is 5.70. The molecule has 1 aliphatic heterocycles. The Morgan fingerprint density at radius 3 is 2.29 bits per heavy atom. The van der Waals surface area contributed by atoms with Crippen LogP contribution < -0.4 is 0 Å². The molecule has 124 valence electrons. The van der Waals surface area contributed by atoms with Crippen LogP contribution in [0.25, 0.3) is 0 Å². The normalized spacial score (nSPS) is 14.5. The summed E-state index contributed by atoms with van der Waals surface area (Å²) in [6.07, 6.45) is 0.633. The Morgan fingerprint density at radius 1 is 1.00 bits per heavy atom. The number of carbonyl (C=O) groups is 1. The predicted octanol–water partition coefficient (Wildman–Crippen LogP) is 2.24. The smallest absolute Gasteiger partial charge is 0.257 e. The van der Waals surface area contributed by atoms with Crippen molar-refractivity contribution in [2.24, 2.45) is 5.10 Å². The molecule has 0 bridgehead atoms. The van der Waals surface area contributed by atoms with Crippen LogP contribution in [-0.4, -0.2) is 37.3 Å². The number of sulfone groups is 1. The maximum Gasteiger partial charge on any atom is 0.257 e. The third-order valence-corrected chi connectivity index (χ3v) is 5.23. The summed E-state index contributed by atoms with van der Waals surface area (Å²) < 4.78 is 24.4. The molecule has 0 radical (unpaired) electrons. The highest BCUT2D eigenvalue weighted by atomic mass is 32.2. The summed E-state index contributed by atoms with van der Waals surface area (Å²) in [5, 5.41) is 5.55. The van der Waals surface area contributed by atoms with E-state index in [1.54, 1.807) is 24.3 Å². The van der Waals surface area contributed by atoms with Crippen molar-refractivity contribution in [2.45, 2.75) is 12.2 Å². The first-order valence-electron chi connectivity index (χ1n) is 7.71. The van der Waals surface area contributed by atoms with Gasteiger partial charge in [-0.15, -0.1) is 0 Å². The Hall–Kier alpha value is -2.47. The molecule has 0 saturated heterocycles. The summed E-state index contributed by atoms with van der Waals surface area (Å²) in [4.78, 5) is 12.3. The first kappa shape index (κ1) is 16.4. The second-order valence-corrected chi connectivity index (χ2v) is 7.76. The Balaban J connectivity index is 1.66. The van der Waals surface area contributed by atoms with Gasteiger partial charge in [0.1, 0.15) is 5.75 Å². The molecule has 1 amide bonds. The van der Waals surface area contributed by atoms with E-state index in [1.807, 2.05) is 36.4 Å². The van der Waals surface area contributed by atoms with Crippen LogP contribution in [0.15, 0.2) is 65.8 Å². The minimum Gasteiger partial charge on any atom is -0.272 e. The maximum absolute atomic E-state index is 12.3. The number of nitrogens with zero attached hydrogens (tertiary/aromatic N) is 2. The molecule has 0 aromatic heterocycles. The highest BCUT2D eigenvalue weighted by Crippen LogP contribution is 2.15. The van der Waals surface area contributed by atoms with E-state index in [0.29, 0.717) is 18.5 Å². The van der Waals surface area contributed by atoms with E-state index in [4.69, 9.17) is 0 Å². The van der Waals surface area contributed by atoms with Gasteiger partial charge < -0.3 is 0 Å². The van der Waals surface area contributed by atoms with Crippen LogP contribution in [0.1, 0.15) is 17.5 Å². The van der Waals surface area contributed by atoms with Gasteiger partial charge in [-0.05, 0) is 11.1 Å². The largest absolute Gasteiger partial charge is 0.272 e. The molecule has 2 aromatic rings. The quantitative estimate of drug-likeness (QED) is 0.837. The van der Waals surface area contributed by atoms with Crippen LogP contribution in [0, 0.1) is 0 Å². The number of carbonyl (C=O) groups excluding carboxylic acids is 1. The van der Waals surface area contributed by atoms with Gasteiger partial charge in [-0.1, -0.05) is 60.7 Å². The number of hydrogen-bond donors (Lipinski definition) is 0. The highest BCUT2D eigenvalue weighted by molar-refractivity contribution is 7.91. The van der Waals surface area contributed by atoms with Gasteiger partial charge in [-0.3, -0.25) is 4.79 Å². The van der Waals surface area contributed by atoms with Gasteiger partial charge in [0.2, 0.25) is 0 Å². The van der Waals surface area contributed by atoms with Gasteiger partial charge >= 0.3 is 0 Å². The summed E-state index contributed by atoms with van der Waals surface area (Å²) >= 11 is 0. The molecule has 1 heterocycles. The van der Waals surface area contributed by atoms with Crippen molar-refractivity contribution in [3.8, 4) is 0 Å². The molecule has 0 spiro atoms. The zero-order valence-electron chi connectivity index (χ0n) is 13.1. The minimum atomic E-state index is -3.51. The van der Waals surface area contributed by atoms with Crippen molar-refractivity contribution in [1.82, 2.24) is 5.01 Å². The summed E-state index contributed by atoms with van der Waals surface area (Å²) in [7, 11) is -3.51. The van der Waals surface area contributed by atoms with E-state index in [0.717, 1.165) is 11.3 Å². The van der Waals surface area contributed by atoms with Gasteiger partial charge in [0.05, 0.1) is 18.0 Å². The Labute approximate surface area is 141 Å². The molecule has 0 saturated carbocycles. The summed E-state index contributed by atoms with van der Waals surface area (Å²) in [6.45, 7) is 0.421. The monoisotopic (exact) mass is 342 g/mol. The van der Waals surface area contributed by atoms with Crippen molar-refractivity contribution < 1.29 is 13.2 Å². The first-order valence-corrected chi connectivity index (χ1v) is 9.53. The lowest BCUT2D eigenvalue weighted by molar-refractivity contribution is -0.127. The van der Waals surface area contributed by atoms with Crippen LogP contribution in [0.4, 0.5) is 0 Å². The number of hydrogen-bond acceptors (Lipinski definition) is 4. The number of hydrazone groups is 1. The summed E-state index contributed by atoms with van der Waals surface area (Å²) in [6, 6.07) is 18.5. The standard InChI is InChI=1S/C18H18N2O3S/c21-18(14-24(22,23)13-15-7-3-1-4-8-15)20-12-11-17(19-20)16-9-5-2-6-10-16/h1-10H,11-14H2. The average Bonchev–Trinajstić information content (AvgIpc) is 3.06. The lowest BCUT2D eigenvalue weighted by Crippen LogP contribution is -2.30. The molecule has 0 aliphatic carbocycles. The van der Waals surface area contributed by atoms with Gasteiger partial charge in [0, 0.05) is 6.42 Å². The first-order chi connectivity index (χ1) is 11.5. The molecule has 2 aromatic carbocycles. The van der Waals surface area contributed by atoms with Gasteiger partial charge in [0.15, 0.2) is 9.84 Å². The van der Waals surface area contributed by atoms with Crippen molar-refractivity contribution in [3.63, 3.8) is 0 Å². The maximum atomic E-state index is 12.3. The highest BCUT2D eigenvalue weighted by Gasteiger charge is 2.26. The third-order valence-electron chi connectivity index (χ3n) is 3.77. The lowest BCUT2D eigenvalue weighted by Gasteiger charge is -2.11. The molecule has 0 unspecified atom stereocenters. The lowest BCUT2D eigenvalue weighted by atomic mass is 10.1. The zero-order valence-corrected chi connectivity index (χ0v) is 13.9. The van der Waals surface area contributed by atoms with Gasteiger partial charge in [-0.2, -0.15) is 5.10 Å². The molecule has 0 atom stereocenters. The number of amides is 1. The van der Waals surface area contributed by atoms with Crippen LogP contribution in [0.3, 0.4) is 0 Å². The van der Waals surface area contributed by atoms with Crippen molar-refractivity contribution in [1.29, 1.82) is 0 Å². The van der Waals surface area contributed by atoms with E-state index >= 15 is 0 Å². The number of benzene rings is 2. The topological polar surface area (TPSA) is 66.8 Å². The van der Waals surface area contributed by atoms with Crippen molar-refractivity contribution >= 4 is 21.5 Å². The molecule has 5 nitrogen and oxygen atoms in total. The Morgan fingerprint density at radius 2 is 1.62 bits per heavy atom. The van der Waals surface area contributed by atoms with E-state index in [-0.39, 0.29) is 5.75 Å². The van der Waals surface area contributed by atoms with E-state index < -0.39 is 21.5 Å². The average molecular weight is 342 g/mol. The Kier molecular flexibility index (Phi) is 4.76. The summed E-state index contributed by atoms with van der Waals surface area (Å²) in [5.41, 5.74) is 2.45. The number of rotatable bonds is 5.